The summed E-state index contributed by atoms with van der Waals surface area (Å²) in [5, 5.41) is 41.3. The van der Waals surface area contributed by atoms with Crippen LogP contribution >= 0.6 is 11.3 Å². The van der Waals surface area contributed by atoms with Crippen LogP contribution in [0.4, 0.5) is 4.79 Å². The van der Waals surface area contributed by atoms with Crippen molar-refractivity contribution >= 4 is 47.1 Å². The number of thiophene rings is 1. The number of rotatable bonds is 11. The summed E-state index contributed by atoms with van der Waals surface area (Å²) in [6.07, 6.45) is -6.21. The third-order valence-corrected chi connectivity index (χ3v) is 13.6. The second-order valence-corrected chi connectivity index (χ2v) is 17.3. The van der Waals surface area contributed by atoms with Crippen LogP contribution in [0, 0.1) is 29.1 Å². The lowest BCUT2D eigenvalue weighted by atomic mass is 9.44. The molecule has 9 unspecified atom stereocenters. The molecule has 17 heteroatoms. The molecule has 3 fully saturated rings. The minimum atomic E-state index is -2.40. The number of aliphatic hydroxyl groups excluding tert-OH is 2. The quantitative estimate of drug-likeness (QED) is 0.0837. The molecule has 1 amide bonds. The number of carbonyl (C=O) groups excluding carboxylic acids is 6. The molecule has 1 aromatic carbocycles. The van der Waals surface area contributed by atoms with E-state index in [4.69, 9.17) is 34.8 Å². The van der Waals surface area contributed by atoms with Crippen molar-refractivity contribution in [2.45, 2.75) is 115 Å². The molecule has 16 nitrogen and oxygen atoms in total. The molecular weight excluding hydrogens is 803 g/mol. The summed E-state index contributed by atoms with van der Waals surface area (Å²) in [7, 11) is 0. The molecule has 60 heavy (non-hydrogen) atoms. The lowest BCUT2D eigenvalue weighted by molar-refractivity contribution is -0.346. The topological polar surface area (TPSA) is 231 Å². The Morgan fingerprint density at radius 2 is 1.73 bits per heavy atom. The number of aliphatic hydroxyl groups is 3. The van der Waals surface area contributed by atoms with E-state index >= 15 is 4.79 Å². The summed E-state index contributed by atoms with van der Waals surface area (Å²) >= 11 is 1.12. The highest BCUT2D eigenvalue weighted by atomic mass is 32.1. The molecule has 1 saturated heterocycles. The predicted octanol–water partition coefficient (Wildman–Crippen LogP) is 3.12. The van der Waals surface area contributed by atoms with E-state index in [1.165, 1.54) is 26.0 Å². The van der Waals surface area contributed by atoms with Crippen molar-refractivity contribution in [3.8, 4) is 12.3 Å². The Bertz CT molecular complexity index is 2090. The summed E-state index contributed by atoms with van der Waals surface area (Å²) in [6, 6.07) is 9.62. The second kappa shape index (κ2) is 16.7. The van der Waals surface area contributed by atoms with Crippen molar-refractivity contribution < 1.29 is 72.5 Å². The number of esters is 4. The molecule has 0 spiro atoms. The zero-order valence-electron chi connectivity index (χ0n) is 34.0. The van der Waals surface area contributed by atoms with Gasteiger partial charge in [0.05, 0.1) is 29.6 Å². The Hall–Kier alpha value is -5.12. The number of hydrogen-bond donors (Lipinski definition) is 4. The zero-order valence-corrected chi connectivity index (χ0v) is 34.8. The number of ketones is 1. The molecule has 3 aliphatic carbocycles. The third kappa shape index (κ3) is 7.49. The van der Waals surface area contributed by atoms with Gasteiger partial charge in [0.25, 0.3) is 0 Å². The van der Waals surface area contributed by atoms with E-state index in [-0.39, 0.29) is 42.8 Å². The largest absolute Gasteiger partial charge is 0.456 e. The SMILES string of the molecule is C#CCCOC(=O)NC(c1cccs1)C(O)C(=O)OC1CC2(O)C(OC(=O)c3ccccc3)C3[C@]4(OC(C)=O)COC4CC(O)[C@@]3(C)C(=O)C(OC(C)=O)C(=C1C)C2(C)C. The molecule has 2 saturated carbocycles. The fourth-order valence-corrected chi connectivity index (χ4v) is 10.3. The fourth-order valence-electron chi connectivity index (χ4n) is 9.51. The molecule has 322 valence electrons. The van der Waals surface area contributed by atoms with Gasteiger partial charge in [-0.05, 0) is 48.6 Å². The number of ether oxygens (including phenoxy) is 6. The van der Waals surface area contributed by atoms with Gasteiger partial charge < -0.3 is 49.1 Å². The van der Waals surface area contributed by atoms with E-state index < -0.39 is 113 Å². The van der Waals surface area contributed by atoms with Gasteiger partial charge in [-0.3, -0.25) is 14.4 Å². The number of terminal acetylenes is 1. The molecule has 1 aromatic heterocycles. The minimum absolute atomic E-state index is 0.0186. The first-order valence-electron chi connectivity index (χ1n) is 19.4. The van der Waals surface area contributed by atoms with E-state index in [1.807, 2.05) is 0 Å². The molecular formula is C43H49NO15S. The fraction of sp³-hybridized carbons (Fsp3) is 0.535. The molecule has 2 aromatic rings. The number of nitrogens with one attached hydrogen (secondary N) is 1. The first-order valence-corrected chi connectivity index (χ1v) is 20.3. The lowest BCUT2D eigenvalue weighted by Crippen LogP contribution is -2.82. The van der Waals surface area contributed by atoms with Crippen LogP contribution in [0.1, 0.15) is 82.1 Å². The van der Waals surface area contributed by atoms with Crippen LogP contribution in [-0.4, -0.2) is 112 Å². The number of amides is 1. The highest BCUT2D eigenvalue weighted by molar-refractivity contribution is 7.10. The summed E-state index contributed by atoms with van der Waals surface area (Å²) in [5.74, 6) is -4.00. The number of hydrogen-bond acceptors (Lipinski definition) is 16. The smallest absolute Gasteiger partial charge is 0.407 e. The van der Waals surface area contributed by atoms with Crippen LogP contribution in [0.25, 0.3) is 0 Å². The van der Waals surface area contributed by atoms with Gasteiger partial charge in [0.1, 0.15) is 36.6 Å². The highest BCUT2D eigenvalue weighted by Gasteiger charge is 2.78. The van der Waals surface area contributed by atoms with E-state index in [2.05, 4.69) is 11.2 Å². The van der Waals surface area contributed by atoms with Crippen molar-refractivity contribution in [3.63, 3.8) is 0 Å². The molecule has 2 heterocycles. The molecule has 11 atom stereocenters. The highest BCUT2D eigenvalue weighted by Crippen LogP contribution is 2.64. The van der Waals surface area contributed by atoms with Gasteiger partial charge in [0, 0.05) is 43.4 Å². The maximum absolute atomic E-state index is 15.4. The standard InChI is InChI=1S/C43H49NO15S/c1-8-9-17-54-39(52)44-31(27-16-13-18-60-27)32(48)38(51)57-26-20-43(53)36(58-37(50)25-14-11-10-12-15-25)34-41(7,28(47)19-29-42(34,21-55-29)59-24(4)46)35(49)33(56-23(3)45)30(22(26)2)40(43,5)6/h1,10-16,18,26,28-29,31-34,36,47-48,53H,9,17,19-21H2,2-7H3,(H,44,52)/t26?,28?,29?,31?,32?,33?,34?,36?,41-,42+,43?/m1/s1. The molecule has 2 bridgehead atoms. The van der Waals surface area contributed by atoms with Crippen molar-refractivity contribution in [1.82, 2.24) is 5.32 Å². The minimum Gasteiger partial charge on any atom is -0.456 e. The maximum atomic E-state index is 15.4. The Labute approximate surface area is 350 Å². The van der Waals surface area contributed by atoms with Crippen LogP contribution in [0.5, 0.6) is 0 Å². The van der Waals surface area contributed by atoms with Crippen LogP contribution in [0.15, 0.2) is 59.0 Å². The zero-order chi connectivity index (χ0) is 43.9. The lowest BCUT2D eigenvalue weighted by Gasteiger charge is -2.67. The number of fused-ring (bicyclic) bond motifs is 5. The number of carbonyl (C=O) groups is 6. The summed E-state index contributed by atoms with van der Waals surface area (Å²) < 4.78 is 35.2. The van der Waals surface area contributed by atoms with Gasteiger partial charge in [-0.15, -0.1) is 23.7 Å². The Morgan fingerprint density at radius 1 is 1.03 bits per heavy atom. The number of Topliss-reactive ketones (excluding diaryl/α,β-unsaturated/α-hetero) is 1. The molecule has 4 aliphatic rings. The number of benzene rings is 1. The Balaban J connectivity index is 1.52. The molecule has 4 N–H and O–H groups in total. The third-order valence-electron chi connectivity index (χ3n) is 12.6. The van der Waals surface area contributed by atoms with Crippen molar-refractivity contribution in [3.05, 3.63) is 69.4 Å². The second-order valence-electron chi connectivity index (χ2n) is 16.4. The average Bonchev–Trinajstić information content (AvgIpc) is 3.73. The molecule has 6 rings (SSSR count). The van der Waals surface area contributed by atoms with Crippen molar-refractivity contribution in [2.75, 3.05) is 13.2 Å². The van der Waals surface area contributed by atoms with Gasteiger partial charge in [-0.25, -0.2) is 14.4 Å². The van der Waals surface area contributed by atoms with E-state index in [9.17, 15) is 39.3 Å². The van der Waals surface area contributed by atoms with E-state index in [1.54, 1.807) is 49.6 Å². The first-order chi connectivity index (χ1) is 28.2. The van der Waals surface area contributed by atoms with Gasteiger partial charge in [0.2, 0.25) is 0 Å². The summed E-state index contributed by atoms with van der Waals surface area (Å²) in [6.45, 7) is 7.75. The molecule has 0 radical (unpaired) electrons. The van der Waals surface area contributed by atoms with Gasteiger partial charge in [0.15, 0.2) is 23.6 Å². The average molecular weight is 852 g/mol. The normalized spacial score (nSPS) is 32.4. The maximum Gasteiger partial charge on any atom is 0.407 e. The van der Waals surface area contributed by atoms with Crippen LogP contribution in [0.3, 0.4) is 0 Å². The summed E-state index contributed by atoms with van der Waals surface area (Å²) in [4.78, 5) is 82.7. The Kier molecular flexibility index (Phi) is 12.4. The van der Waals surface area contributed by atoms with Gasteiger partial charge >= 0.3 is 30.0 Å². The van der Waals surface area contributed by atoms with Crippen LogP contribution in [-0.2, 0) is 47.6 Å². The first kappa shape index (κ1) is 44.4. The Morgan fingerprint density at radius 3 is 2.32 bits per heavy atom. The van der Waals surface area contributed by atoms with E-state index in [0.717, 1.165) is 25.2 Å². The van der Waals surface area contributed by atoms with E-state index in [0.29, 0.717) is 4.88 Å². The van der Waals surface area contributed by atoms with Crippen molar-refractivity contribution in [2.24, 2.45) is 16.7 Å². The van der Waals surface area contributed by atoms with Crippen molar-refractivity contribution in [1.29, 1.82) is 0 Å². The monoisotopic (exact) mass is 851 g/mol. The number of alkyl carbamates (subject to hydrolysis) is 1. The summed E-state index contributed by atoms with van der Waals surface area (Å²) in [5.41, 5.74) is -7.71. The van der Waals surface area contributed by atoms with Crippen LogP contribution < -0.4 is 5.32 Å². The molecule has 1 aliphatic heterocycles. The predicted molar refractivity (Wildman–Crippen MR) is 210 cm³/mol. The van der Waals surface area contributed by atoms with Gasteiger partial charge in [-0.2, -0.15) is 0 Å². The van der Waals surface area contributed by atoms with Gasteiger partial charge in [-0.1, -0.05) is 38.1 Å². The van der Waals surface area contributed by atoms with Crippen LogP contribution in [0.2, 0.25) is 0 Å².